The second-order valence-corrected chi connectivity index (χ2v) is 5.20. The fourth-order valence-electron chi connectivity index (χ4n) is 2.41. The fraction of sp³-hybridized carbons (Fsp3) is 0.917. The lowest BCUT2D eigenvalue weighted by atomic mass is 9.95. The molecule has 0 aromatic rings. The number of hydrogen-bond acceptors (Lipinski definition) is 3. The average Bonchev–Trinajstić information content (AvgIpc) is 2.62. The molecule has 2 fully saturated rings. The third kappa shape index (κ3) is 2.74. The van der Waals surface area contributed by atoms with E-state index >= 15 is 0 Å². The Bertz CT molecular complexity index is 249. The predicted molar refractivity (Wildman–Crippen MR) is 62.1 cm³/mol. The molecule has 2 rings (SSSR count). The number of rotatable bonds is 3. The SMILES string of the molecule is CC(C)C1CC(=O)N(CC2CNCCO2)C1. The molecule has 2 unspecified atom stereocenters. The van der Waals surface area contributed by atoms with Crippen molar-refractivity contribution >= 4 is 5.91 Å². The number of amides is 1. The van der Waals surface area contributed by atoms with Crippen molar-refractivity contribution < 1.29 is 9.53 Å². The lowest BCUT2D eigenvalue weighted by molar-refractivity contribution is -0.129. The van der Waals surface area contributed by atoms with Crippen molar-refractivity contribution in [2.75, 3.05) is 32.8 Å². The van der Waals surface area contributed by atoms with Gasteiger partial charge in [0.2, 0.25) is 5.91 Å². The summed E-state index contributed by atoms with van der Waals surface area (Å²) in [6.07, 6.45) is 0.904. The zero-order valence-corrected chi connectivity index (χ0v) is 10.2. The van der Waals surface area contributed by atoms with Crippen molar-refractivity contribution in [3.8, 4) is 0 Å². The van der Waals surface area contributed by atoms with Crippen molar-refractivity contribution in [3.05, 3.63) is 0 Å². The zero-order valence-electron chi connectivity index (χ0n) is 10.2. The summed E-state index contributed by atoms with van der Waals surface area (Å²) in [6, 6.07) is 0. The van der Waals surface area contributed by atoms with Crippen LogP contribution in [0.3, 0.4) is 0 Å². The lowest BCUT2D eigenvalue weighted by Crippen LogP contribution is -2.45. The normalized spacial score (nSPS) is 31.4. The van der Waals surface area contributed by atoms with Crippen LogP contribution in [0.15, 0.2) is 0 Å². The van der Waals surface area contributed by atoms with Crippen molar-refractivity contribution in [2.45, 2.75) is 26.4 Å². The van der Waals surface area contributed by atoms with Crippen LogP contribution >= 0.6 is 0 Å². The first-order valence-corrected chi connectivity index (χ1v) is 6.27. The van der Waals surface area contributed by atoms with Crippen molar-refractivity contribution in [1.29, 1.82) is 0 Å². The molecule has 0 aromatic carbocycles. The van der Waals surface area contributed by atoms with Gasteiger partial charge in [0.15, 0.2) is 0 Å². The topological polar surface area (TPSA) is 41.6 Å². The number of nitrogens with one attached hydrogen (secondary N) is 1. The molecule has 4 nitrogen and oxygen atoms in total. The first-order chi connectivity index (χ1) is 7.66. The Morgan fingerprint density at radius 2 is 2.38 bits per heavy atom. The van der Waals surface area contributed by atoms with E-state index in [-0.39, 0.29) is 6.10 Å². The van der Waals surface area contributed by atoms with E-state index in [1.165, 1.54) is 0 Å². The summed E-state index contributed by atoms with van der Waals surface area (Å²) in [4.78, 5) is 13.8. The Labute approximate surface area is 97.3 Å². The van der Waals surface area contributed by atoms with Gasteiger partial charge in [-0.2, -0.15) is 0 Å². The molecule has 1 N–H and O–H groups in total. The van der Waals surface area contributed by atoms with Crippen LogP contribution in [0.1, 0.15) is 20.3 Å². The summed E-state index contributed by atoms with van der Waals surface area (Å²) in [5.41, 5.74) is 0. The smallest absolute Gasteiger partial charge is 0.223 e. The summed E-state index contributed by atoms with van der Waals surface area (Å²) in [5.74, 6) is 1.43. The molecule has 2 atom stereocenters. The minimum Gasteiger partial charge on any atom is -0.374 e. The summed E-state index contributed by atoms with van der Waals surface area (Å²) < 4.78 is 5.63. The number of carbonyl (C=O) groups excluding carboxylic acids is 1. The van der Waals surface area contributed by atoms with E-state index in [9.17, 15) is 4.79 Å². The second-order valence-electron chi connectivity index (χ2n) is 5.20. The van der Waals surface area contributed by atoms with Gasteiger partial charge in [0.1, 0.15) is 0 Å². The summed E-state index contributed by atoms with van der Waals surface area (Å²) >= 11 is 0. The molecule has 2 saturated heterocycles. The van der Waals surface area contributed by atoms with Gasteiger partial charge in [-0.1, -0.05) is 13.8 Å². The highest BCUT2D eigenvalue weighted by Gasteiger charge is 2.32. The van der Waals surface area contributed by atoms with E-state index in [0.717, 1.165) is 39.2 Å². The van der Waals surface area contributed by atoms with Gasteiger partial charge < -0.3 is 15.0 Å². The number of hydrogen-bond donors (Lipinski definition) is 1. The molecule has 92 valence electrons. The van der Waals surface area contributed by atoms with Gasteiger partial charge in [0.25, 0.3) is 0 Å². The molecule has 0 bridgehead atoms. The third-order valence-electron chi connectivity index (χ3n) is 3.62. The molecule has 4 heteroatoms. The van der Waals surface area contributed by atoms with Gasteiger partial charge in [-0.3, -0.25) is 4.79 Å². The Morgan fingerprint density at radius 3 is 2.94 bits per heavy atom. The Hall–Kier alpha value is -0.610. The highest BCUT2D eigenvalue weighted by atomic mass is 16.5. The van der Waals surface area contributed by atoms with Crippen LogP contribution in [0, 0.1) is 11.8 Å². The molecule has 1 amide bonds. The molecule has 0 aromatic heterocycles. The highest BCUT2D eigenvalue weighted by molar-refractivity contribution is 5.78. The maximum absolute atomic E-state index is 11.8. The summed E-state index contributed by atoms with van der Waals surface area (Å²) in [6.45, 7) is 8.63. The maximum atomic E-state index is 11.8. The van der Waals surface area contributed by atoms with Gasteiger partial charge in [0.05, 0.1) is 12.7 Å². The first kappa shape index (κ1) is 11.9. The third-order valence-corrected chi connectivity index (χ3v) is 3.62. The van der Waals surface area contributed by atoms with Crippen LogP contribution in [-0.2, 0) is 9.53 Å². The molecule has 2 heterocycles. The number of carbonyl (C=O) groups is 1. The molecule has 0 saturated carbocycles. The standard InChI is InChI=1S/C12H22N2O2/c1-9(2)10-5-12(15)14(7-10)8-11-6-13-3-4-16-11/h9-11,13H,3-8H2,1-2H3. The lowest BCUT2D eigenvalue weighted by Gasteiger charge is -2.28. The summed E-state index contributed by atoms with van der Waals surface area (Å²) in [5, 5.41) is 3.29. The highest BCUT2D eigenvalue weighted by Crippen LogP contribution is 2.25. The largest absolute Gasteiger partial charge is 0.374 e. The summed E-state index contributed by atoms with van der Waals surface area (Å²) in [7, 11) is 0. The van der Waals surface area contributed by atoms with Crippen LogP contribution in [0.2, 0.25) is 0 Å². The molecule has 2 aliphatic heterocycles. The van der Waals surface area contributed by atoms with Gasteiger partial charge >= 0.3 is 0 Å². The quantitative estimate of drug-likeness (QED) is 0.761. The Balaban J connectivity index is 1.83. The fourth-order valence-corrected chi connectivity index (χ4v) is 2.41. The van der Waals surface area contributed by atoms with E-state index in [4.69, 9.17) is 4.74 Å². The molecule has 0 spiro atoms. The molecular weight excluding hydrogens is 204 g/mol. The van der Waals surface area contributed by atoms with Crippen molar-refractivity contribution in [2.24, 2.45) is 11.8 Å². The monoisotopic (exact) mass is 226 g/mol. The minimum atomic E-state index is 0.184. The zero-order chi connectivity index (χ0) is 11.5. The van der Waals surface area contributed by atoms with Gasteiger partial charge in [-0.05, 0) is 11.8 Å². The van der Waals surface area contributed by atoms with Crippen LogP contribution in [-0.4, -0.2) is 49.7 Å². The first-order valence-electron chi connectivity index (χ1n) is 6.27. The van der Waals surface area contributed by atoms with Crippen molar-refractivity contribution in [1.82, 2.24) is 10.2 Å². The van der Waals surface area contributed by atoms with Crippen molar-refractivity contribution in [3.63, 3.8) is 0 Å². The number of ether oxygens (including phenoxy) is 1. The number of likely N-dealkylation sites (tertiary alicyclic amines) is 1. The second kappa shape index (κ2) is 5.15. The molecule has 0 radical (unpaired) electrons. The van der Waals surface area contributed by atoms with Crippen LogP contribution in [0.4, 0.5) is 0 Å². The van der Waals surface area contributed by atoms with Gasteiger partial charge in [0, 0.05) is 32.6 Å². The molecule has 0 aliphatic carbocycles. The van der Waals surface area contributed by atoms with Gasteiger partial charge in [-0.15, -0.1) is 0 Å². The number of nitrogens with zero attached hydrogens (tertiary/aromatic N) is 1. The van der Waals surface area contributed by atoms with Gasteiger partial charge in [-0.25, -0.2) is 0 Å². The molecular formula is C12H22N2O2. The molecule has 2 aliphatic rings. The Morgan fingerprint density at radius 1 is 1.56 bits per heavy atom. The van der Waals surface area contributed by atoms with E-state index in [2.05, 4.69) is 19.2 Å². The Kier molecular flexibility index (Phi) is 3.82. The average molecular weight is 226 g/mol. The van der Waals surface area contributed by atoms with Crippen LogP contribution in [0.25, 0.3) is 0 Å². The minimum absolute atomic E-state index is 0.184. The van der Waals surface area contributed by atoms with E-state index in [1.54, 1.807) is 0 Å². The van der Waals surface area contributed by atoms with E-state index in [0.29, 0.717) is 17.7 Å². The van der Waals surface area contributed by atoms with E-state index in [1.807, 2.05) is 4.90 Å². The number of morpholine rings is 1. The van der Waals surface area contributed by atoms with Crippen LogP contribution in [0.5, 0.6) is 0 Å². The maximum Gasteiger partial charge on any atom is 0.223 e. The van der Waals surface area contributed by atoms with Crippen LogP contribution < -0.4 is 5.32 Å². The van der Waals surface area contributed by atoms with E-state index < -0.39 is 0 Å². The predicted octanol–water partition coefficient (Wildman–Crippen LogP) is 0.479. The molecule has 16 heavy (non-hydrogen) atoms.